The Morgan fingerprint density at radius 1 is 1.26 bits per heavy atom. The lowest BCUT2D eigenvalue weighted by Gasteiger charge is -2.38. The zero-order chi connectivity index (χ0) is 13.3. The molecule has 0 spiro atoms. The summed E-state index contributed by atoms with van der Waals surface area (Å²) in [5, 5.41) is 1.09. The third-order valence-corrected chi connectivity index (χ3v) is 4.22. The molecule has 3 rings (SSSR count). The van der Waals surface area contributed by atoms with E-state index in [1.165, 1.54) is 0 Å². The number of aromatic nitrogens is 2. The first-order chi connectivity index (χ1) is 9.20. The van der Waals surface area contributed by atoms with Crippen LogP contribution < -0.4 is 10.6 Å². The fourth-order valence-corrected chi connectivity index (χ4v) is 2.57. The highest BCUT2D eigenvalue weighted by molar-refractivity contribution is 5.78. The van der Waals surface area contributed by atoms with Crippen LogP contribution in [0.4, 0.5) is 5.95 Å². The number of hydrogen-bond acceptors (Lipinski definition) is 4. The van der Waals surface area contributed by atoms with Gasteiger partial charge in [-0.2, -0.15) is 0 Å². The second-order valence-corrected chi connectivity index (χ2v) is 5.73. The van der Waals surface area contributed by atoms with Crippen LogP contribution in [0.25, 0.3) is 10.9 Å². The Kier molecular flexibility index (Phi) is 3.11. The molecule has 0 aliphatic carbocycles. The van der Waals surface area contributed by atoms with Crippen LogP contribution in [0, 0.1) is 5.41 Å². The number of para-hydroxylation sites is 1. The quantitative estimate of drug-likeness (QED) is 0.895. The molecule has 0 atom stereocenters. The molecule has 100 valence electrons. The number of piperidine rings is 1. The number of benzene rings is 1. The van der Waals surface area contributed by atoms with E-state index in [-0.39, 0.29) is 5.41 Å². The van der Waals surface area contributed by atoms with Gasteiger partial charge in [0.15, 0.2) is 0 Å². The van der Waals surface area contributed by atoms with Gasteiger partial charge in [-0.15, -0.1) is 0 Å². The van der Waals surface area contributed by atoms with E-state index < -0.39 is 0 Å². The molecular formula is C15H20N4. The first kappa shape index (κ1) is 12.4. The van der Waals surface area contributed by atoms with Crippen molar-refractivity contribution in [2.45, 2.75) is 19.8 Å². The highest BCUT2D eigenvalue weighted by atomic mass is 15.3. The molecule has 0 unspecified atom stereocenters. The minimum absolute atomic E-state index is 0.285. The van der Waals surface area contributed by atoms with E-state index in [0.29, 0.717) is 0 Å². The van der Waals surface area contributed by atoms with Crippen molar-refractivity contribution in [1.82, 2.24) is 9.97 Å². The first-order valence-corrected chi connectivity index (χ1v) is 6.87. The number of hydrogen-bond donors (Lipinski definition) is 1. The maximum Gasteiger partial charge on any atom is 0.225 e. The monoisotopic (exact) mass is 256 g/mol. The zero-order valence-corrected chi connectivity index (χ0v) is 11.3. The predicted molar refractivity (Wildman–Crippen MR) is 78.1 cm³/mol. The first-order valence-electron chi connectivity index (χ1n) is 6.87. The minimum atomic E-state index is 0.285. The molecule has 1 aromatic heterocycles. The molecule has 2 N–H and O–H groups in total. The molecule has 1 saturated heterocycles. The third-order valence-electron chi connectivity index (χ3n) is 4.22. The van der Waals surface area contributed by atoms with Gasteiger partial charge in [-0.1, -0.05) is 25.1 Å². The van der Waals surface area contributed by atoms with Crippen LogP contribution in [0.2, 0.25) is 0 Å². The summed E-state index contributed by atoms with van der Waals surface area (Å²) in [7, 11) is 0. The normalized spacial score (nSPS) is 18.7. The molecule has 1 aromatic carbocycles. The van der Waals surface area contributed by atoms with Crippen LogP contribution in [-0.2, 0) is 0 Å². The van der Waals surface area contributed by atoms with E-state index in [9.17, 15) is 0 Å². The largest absolute Gasteiger partial charge is 0.341 e. The van der Waals surface area contributed by atoms with E-state index in [4.69, 9.17) is 5.73 Å². The summed E-state index contributed by atoms with van der Waals surface area (Å²) < 4.78 is 0. The molecule has 2 aromatic rings. The van der Waals surface area contributed by atoms with Crippen LogP contribution in [0.1, 0.15) is 19.8 Å². The fourth-order valence-electron chi connectivity index (χ4n) is 2.57. The smallest absolute Gasteiger partial charge is 0.225 e. The van der Waals surface area contributed by atoms with Crippen molar-refractivity contribution in [2.24, 2.45) is 11.1 Å². The van der Waals surface area contributed by atoms with Crippen LogP contribution in [-0.4, -0.2) is 29.6 Å². The van der Waals surface area contributed by atoms with Gasteiger partial charge in [-0.05, 0) is 30.9 Å². The van der Waals surface area contributed by atoms with Gasteiger partial charge in [-0.3, -0.25) is 0 Å². The highest BCUT2D eigenvalue weighted by Gasteiger charge is 2.29. The minimum Gasteiger partial charge on any atom is -0.341 e. The van der Waals surface area contributed by atoms with Gasteiger partial charge in [0, 0.05) is 24.7 Å². The topological polar surface area (TPSA) is 55.0 Å². The Balaban J connectivity index is 1.82. The molecule has 0 bridgehead atoms. The second-order valence-electron chi connectivity index (χ2n) is 5.73. The van der Waals surface area contributed by atoms with Crippen molar-refractivity contribution in [1.29, 1.82) is 0 Å². The number of rotatable bonds is 2. The predicted octanol–water partition coefficient (Wildman–Crippen LogP) is 2.20. The summed E-state index contributed by atoms with van der Waals surface area (Å²) in [5.41, 5.74) is 7.14. The van der Waals surface area contributed by atoms with Crippen LogP contribution in [0.5, 0.6) is 0 Å². The molecule has 4 heteroatoms. The number of fused-ring (bicyclic) bond motifs is 1. The van der Waals surface area contributed by atoms with Crippen molar-refractivity contribution in [2.75, 3.05) is 24.5 Å². The molecule has 1 aliphatic heterocycles. The van der Waals surface area contributed by atoms with E-state index in [0.717, 1.165) is 49.3 Å². The van der Waals surface area contributed by atoms with Gasteiger partial charge in [0.25, 0.3) is 0 Å². The number of nitrogens with two attached hydrogens (primary N) is 1. The lowest BCUT2D eigenvalue weighted by molar-refractivity contribution is 0.257. The molecule has 0 radical (unpaired) electrons. The summed E-state index contributed by atoms with van der Waals surface area (Å²) in [4.78, 5) is 11.4. The maximum atomic E-state index is 5.85. The van der Waals surface area contributed by atoms with Crippen LogP contribution >= 0.6 is 0 Å². The molecule has 4 nitrogen and oxygen atoms in total. The molecule has 0 saturated carbocycles. The summed E-state index contributed by atoms with van der Waals surface area (Å²) in [6.07, 6.45) is 4.13. The Hall–Kier alpha value is -1.68. The van der Waals surface area contributed by atoms with Gasteiger partial charge >= 0.3 is 0 Å². The van der Waals surface area contributed by atoms with Gasteiger partial charge in [0.2, 0.25) is 5.95 Å². The van der Waals surface area contributed by atoms with Crippen molar-refractivity contribution < 1.29 is 0 Å². The maximum absolute atomic E-state index is 5.85. The number of nitrogens with zero attached hydrogens (tertiary/aromatic N) is 3. The fraction of sp³-hybridized carbons (Fsp3) is 0.467. The van der Waals surface area contributed by atoms with Gasteiger partial charge < -0.3 is 10.6 Å². The molecule has 1 fully saturated rings. The Bertz CT molecular complexity index is 573. The Morgan fingerprint density at radius 3 is 2.74 bits per heavy atom. The van der Waals surface area contributed by atoms with Crippen molar-refractivity contribution >= 4 is 16.9 Å². The van der Waals surface area contributed by atoms with Crippen LogP contribution in [0.3, 0.4) is 0 Å². The van der Waals surface area contributed by atoms with E-state index in [2.05, 4.69) is 21.8 Å². The second kappa shape index (κ2) is 4.78. The molecule has 2 heterocycles. The van der Waals surface area contributed by atoms with E-state index >= 15 is 0 Å². The van der Waals surface area contributed by atoms with Crippen molar-refractivity contribution in [3.63, 3.8) is 0 Å². The average Bonchev–Trinajstić information content (AvgIpc) is 2.47. The summed E-state index contributed by atoms with van der Waals surface area (Å²) in [5.74, 6) is 0.845. The SMILES string of the molecule is CC1(CN)CCN(c2ncc3ccccc3n2)CC1. The lowest BCUT2D eigenvalue weighted by Crippen LogP contribution is -2.42. The molecule has 19 heavy (non-hydrogen) atoms. The molecule has 0 amide bonds. The van der Waals surface area contributed by atoms with Crippen LogP contribution in [0.15, 0.2) is 30.5 Å². The number of anilines is 1. The van der Waals surface area contributed by atoms with E-state index in [1.54, 1.807) is 0 Å². The van der Waals surface area contributed by atoms with Crippen molar-refractivity contribution in [3.05, 3.63) is 30.5 Å². The highest BCUT2D eigenvalue weighted by Crippen LogP contribution is 2.31. The standard InChI is InChI=1S/C15H20N4/c1-15(11-16)6-8-19(9-7-15)14-17-10-12-4-2-3-5-13(12)18-14/h2-5,10H,6-9,11,16H2,1H3. The third kappa shape index (κ3) is 2.40. The van der Waals surface area contributed by atoms with Gasteiger partial charge in [-0.25, -0.2) is 9.97 Å². The Morgan fingerprint density at radius 2 is 2.00 bits per heavy atom. The molecular weight excluding hydrogens is 236 g/mol. The lowest BCUT2D eigenvalue weighted by atomic mass is 9.81. The Labute approximate surface area is 113 Å². The molecule has 1 aliphatic rings. The van der Waals surface area contributed by atoms with E-state index in [1.807, 2.05) is 30.5 Å². The summed E-state index contributed by atoms with van der Waals surface area (Å²) in [6.45, 7) is 5.02. The van der Waals surface area contributed by atoms with Gasteiger partial charge in [0.1, 0.15) is 0 Å². The summed E-state index contributed by atoms with van der Waals surface area (Å²) >= 11 is 0. The zero-order valence-electron chi connectivity index (χ0n) is 11.3. The average molecular weight is 256 g/mol. The summed E-state index contributed by atoms with van der Waals surface area (Å²) in [6, 6.07) is 8.11. The van der Waals surface area contributed by atoms with Gasteiger partial charge in [0.05, 0.1) is 5.52 Å². The van der Waals surface area contributed by atoms with Crippen molar-refractivity contribution in [3.8, 4) is 0 Å².